The number of carbonyl (C=O) groups excluding carboxylic acids is 2. The minimum Gasteiger partial charge on any atom is -0.494 e. The van der Waals surface area contributed by atoms with E-state index < -0.39 is 23.1 Å². The molecule has 1 unspecified atom stereocenters. The van der Waals surface area contributed by atoms with Crippen molar-refractivity contribution in [3.8, 4) is 5.75 Å². The molecule has 1 aliphatic rings. The van der Waals surface area contributed by atoms with Crippen molar-refractivity contribution in [1.29, 1.82) is 0 Å². The molecular formula is C22H28N6O5S. The van der Waals surface area contributed by atoms with Crippen molar-refractivity contribution in [3.63, 3.8) is 0 Å². The first kappa shape index (κ1) is 25.4. The number of amides is 2. The predicted octanol–water partition coefficient (Wildman–Crippen LogP) is 2.99. The van der Waals surface area contributed by atoms with Crippen LogP contribution in [-0.2, 0) is 15.0 Å². The Bertz CT molecular complexity index is 1070. The summed E-state index contributed by atoms with van der Waals surface area (Å²) in [6.45, 7) is 7.22. The second-order valence-electron chi connectivity index (χ2n) is 8.56. The lowest BCUT2D eigenvalue weighted by atomic mass is 9.91. The van der Waals surface area contributed by atoms with Crippen LogP contribution in [0, 0.1) is 0 Å². The van der Waals surface area contributed by atoms with E-state index in [0.29, 0.717) is 28.1 Å². The minimum atomic E-state index is -0.929. The van der Waals surface area contributed by atoms with Gasteiger partial charge in [-0.2, -0.15) is 0 Å². The predicted molar refractivity (Wildman–Crippen MR) is 128 cm³/mol. The zero-order chi connectivity index (χ0) is 24.9. The molecule has 34 heavy (non-hydrogen) atoms. The lowest BCUT2D eigenvalue weighted by Gasteiger charge is -2.36. The molecule has 11 nitrogen and oxygen atoms in total. The van der Waals surface area contributed by atoms with E-state index in [1.54, 1.807) is 46.2 Å². The normalized spacial score (nSPS) is 20.2. The number of pyridine rings is 1. The summed E-state index contributed by atoms with van der Waals surface area (Å²) < 4.78 is 16.0. The summed E-state index contributed by atoms with van der Waals surface area (Å²) in [4.78, 5) is 42.0. The first-order chi connectivity index (χ1) is 16.0. The second kappa shape index (κ2) is 10.3. The van der Waals surface area contributed by atoms with Crippen molar-refractivity contribution in [2.45, 2.75) is 44.9 Å². The number of carbonyl (C=O) groups is 2. The fourth-order valence-corrected chi connectivity index (χ4v) is 4.30. The number of alkyl carbamates (subject to hydrolysis) is 1. The molecule has 0 radical (unpaired) electrons. The SMILES string of the molecule is COc1cnc(C(=O)Nc2ccnc([C@@]3(C)N=C(NC(=O)OC(C)(C)C)SCC3OC)c2)nc1. The van der Waals surface area contributed by atoms with Gasteiger partial charge in [-0.3, -0.25) is 15.1 Å². The van der Waals surface area contributed by atoms with Crippen LogP contribution < -0.4 is 15.4 Å². The second-order valence-corrected chi connectivity index (χ2v) is 9.57. The van der Waals surface area contributed by atoms with Crippen LogP contribution in [-0.4, -0.2) is 63.8 Å². The van der Waals surface area contributed by atoms with Crippen molar-refractivity contribution in [2.24, 2.45) is 4.99 Å². The third-order valence-corrected chi connectivity index (χ3v) is 5.76. The zero-order valence-electron chi connectivity index (χ0n) is 19.9. The number of methoxy groups -OCH3 is 2. The average molecular weight is 489 g/mol. The quantitative estimate of drug-likeness (QED) is 0.650. The van der Waals surface area contributed by atoms with Crippen molar-refractivity contribution in [2.75, 3.05) is 25.3 Å². The highest BCUT2D eigenvalue weighted by molar-refractivity contribution is 8.14. The summed E-state index contributed by atoms with van der Waals surface area (Å²) in [6, 6.07) is 3.36. The molecule has 12 heteroatoms. The third kappa shape index (κ3) is 6.20. The van der Waals surface area contributed by atoms with Gasteiger partial charge in [0.1, 0.15) is 11.1 Å². The number of rotatable bonds is 5. The van der Waals surface area contributed by atoms with Crippen LogP contribution in [0.3, 0.4) is 0 Å². The van der Waals surface area contributed by atoms with Gasteiger partial charge in [0, 0.05) is 24.7 Å². The van der Waals surface area contributed by atoms with E-state index in [4.69, 9.17) is 19.2 Å². The lowest BCUT2D eigenvalue weighted by Crippen LogP contribution is -2.46. The van der Waals surface area contributed by atoms with E-state index >= 15 is 0 Å². The van der Waals surface area contributed by atoms with Crippen LogP contribution in [0.1, 0.15) is 44.0 Å². The number of thioether (sulfide) groups is 1. The van der Waals surface area contributed by atoms with E-state index in [1.165, 1.54) is 31.3 Å². The lowest BCUT2D eigenvalue weighted by molar-refractivity contribution is 0.0535. The molecule has 0 spiro atoms. The number of hydrogen-bond donors (Lipinski definition) is 2. The number of hydrogen-bond acceptors (Lipinski definition) is 10. The van der Waals surface area contributed by atoms with E-state index in [1.807, 2.05) is 6.92 Å². The van der Waals surface area contributed by atoms with Gasteiger partial charge in [-0.15, -0.1) is 0 Å². The molecule has 3 rings (SSSR count). The highest BCUT2D eigenvalue weighted by Gasteiger charge is 2.42. The Kier molecular flexibility index (Phi) is 7.72. The van der Waals surface area contributed by atoms with Gasteiger partial charge < -0.3 is 19.5 Å². The summed E-state index contributed by atoms with van der Waals surface area (Å²) in [5.41, 5.74) is -0.525. The highest BCUT2D eigenvalue weighted by Crippen LogP contribution is 2.37. The molecule has 0 bridgehead atoms. The maximum atomic E-state index is 12.6. The number of aromatic nitrogens is 3. The van der Waals surface area contributed by atoms with Gasteiger partial charge >= 0.3 is 6.09 Å². The number of anilines is 1. The largest absolute Gasteiger partial charge is 0.494 e. The fraction of sp³-hybridized carbons (Fsp3) is 0.455. The Hall–Kier alpha value is -3.25. The van der Waals surface area contributed by atoms with Crippen LogP contribution in [0.5, 0.6) is 5.75 Å². The number of aliphatic imine (C=N–C) groups is 1. The molecule has 0 saturated heterocycles. The number of nitrogens with one attached hydrogen (secondary N) is 2. The standard InChI is InChI=1S/C22H28N6O5S/c1-21(2,3)33-20(30)27-19-28-22(4,16(32-6)12-34-19)15-9-13(7-8-23-15)26-18(29)17-24-10-14(31-5)11-25-17/h7-11,16H,12H2,1-6H3,(H,23,26,29)(H,27,28,30)/t16?,22-/m1/s1. The molecule has 0 saturated carbocycles. The topological polar surface area (TPSA) is 137 Å². The van der Waals surface area contributed by atoms with Gasteiger partial charge in [0.05, 0.1) is 31.3 Å². The van der Waals surface area contributed by atoms with Gasteiger partial charge in [-0.1, -0.05) is 11.8 Å². The summed E-state index contributed by atoms with van der Waals surface area (Å²) >= 11 is 1.35. The maximum absolute atomic E-state index is 12.6. The smallest absolute Gasteiger partial charge is 0.413 e. The molecule has 0 aliphatic carbocycles. The molecular weight excluding hydrogens is 460 g/mol. The summed E-state index contributed by atoms with van der Waals surface area (Å²) in [6.07, 6.45) is 3.47. The summed E-state index contributed by atoms with van der Waals surface area (Å²) in [5.74, 6) is 0.490. The Morgan fingerprint density at radius 3 is 2.47 bits per heavy atom. The molecule has 182 valence electrons. The molecule has 1 aliphatic heterocycles. The minimum absolute atomic E-state index is 0.00363. The average Bonchev–Trinajstić information content (AvgIpc) is 2.78. The van der Waals surface area contributed by atoms with Gasteiger partial charge in [-0.05, 0) is 39.8 Å². The Labute approximate surface area is 202 Å². The van der Waals surface area contributed by atoms with Crippen molar-refractivity contribution >= 4 is 34.6 Å². The van der Waals surface area contributed by atoms with E-state index in [2.05, 4.69) is 25.6 Å². The number of ether oxygens (including phenoxy) is 3. The van der Waals surface area contributed by atoms with Crippen molar-refractivity contribution < 1.29 is 23.8 Å². The number of amidine groups is 1. The van der Waals surface area contributed by atoms with Gasteiger partial charge in [-0.25, -0.2) is 19.8 Å². The third-order valence-electron chi connectivity index (χ3n) is 4.83. The fourth-order valence-electron chi connectivity index (χ4n) is 3.12. The van der Waals surface area contributed by atoms with Gasteiger partial charge in [0.15, 0.2) is 10.9 Å². The summed E-state index contributed by atoms with van der Waals surface area (Å²) in [5, 5.41) is 5.86. The van der Waals surface area contributed by atoms with Crippen molar-refractivity contribution in [1.82, 2.24) is 20.3 Å². The first-order valence-electron chi connectivity index (χ1n) is 10.4. The molecule has 0 aromatic carbocycles. The Morgan fingerprint density at radius 2 is 1.85 bits per heavy atom. The van der Waals surface area contributed by atoms with Gasteiger partial charge in [0.25, 0.3) is 5.91 Å². The van der Waals surface area contributed by atoms with E-state index in [0.717, 1.165) is 0 Å². The Morgan fingerprint density at radius 1 is 1.15 bits per heavy atom. The molecule has 0 fully saturated rings. The molecule has 2 atom stereocenters. The van der Waals surface area contributed by atoms with E-state index in [-0.39, 0.29) is 11.9 Å². The monoisotopic (exact) mass is 488 g/mol. The molecule has 2 aromatic heterocycles. The summed E-state index contributed by atoms with van der Waals surface area (Å²) in [7, 11) is 3.09. The molecule has 2 N–H and O–H groups in total. The van der Waals surface area contributed by atoms with Crippen LogP contribution in [0.25, 0.3) is 0 Å². The first-order valence-corrected chi connectivity index (χ1v) is 11.4. The van der Waals surface area contributed by atoms with Crippen LogP contribution in [0.15, 0.2) is 35.7 Å². The van der Waals surface area contributed by atoms with E-state index in [9.17, 15) is 9.59 Å². The van der Waals surface area contributed by atoms with Crippen LogP contribution >= 0.6 is 11.8 Å². The van der Waals surface area contributed by atoms with Crippen molar-refractivity contribution in [3.05, 3.63) is 42.2 Å². The molecule has 2 amide bonds. The van der Waals surface area contributed by atoms with Crippen LogP contribution in [0.2, 0.25) is 0 Å². The number of nitrogens with zero attached hydrogens (tertiary/aromatic N) is 4. The Balaban J connectivity index is 1.83. The van der Waals surface area contributed by atoms with Gasteiger partial charge in [0.2, 0.25) is 5.82 Å². The van der Waals surface area contributed by atoms with Crippen LogP contribution in [0.4, 0.5) is 10.5 Å². The highest BCUT2D eigenvalue weighted by atomic mass is 32.2. The maximum Gasteiger partial charge on any atom is 0.413 e. The molecule has 3 heterocycles. The zero-order valence-corrected chi connectivity index (χ0v) is 20.7. The molecule has 2 aromatic rings.